The van der Waals surface area contributed by atoms with Crippen molar-refractivity contribution in [2.45, 2.75) is 0 Å². The Morgan fingerprint density at radius 2 is 1.42 bits per heavy atom. The Labute approximate surface area is 137 Å². The monoisotopic (exact) mass is 307 g/mol. The first-order valence-electron chi connectivity index (χ1n) is 8.10. The van der Waals surface area contributed by atoms with E-state index < -0.39 is 0 Å². The Balaban J connectivity index is 2.08. The quantitative estimate of drug-likeness (QED) is 0.407. The number of fused-ring (bicyclic) bond motifs is 10. The van der Waals surface area contributed by atoms with Gasteiger partial charge in [-0.15, -0.1) is 0 Å². The van der Waals surface area contributed by atoms with E-state index in [0.29, 0.717) is 0 Å². The SMILES string of the molecule is c1ccc2c(c1)nc1c3c4ccccc4[nH]c3c3ccccc3n21. The van der Waals surface area contributed by atoms with Crippen LogP contribution in [0.15, 0.2) is 72.8 Å². The van der Waals surface area contributed by atoms with Gasteiger partial charge in [-0.3, -0.25) is 4.40 Å². The molecular weight excluding hydrogens is 294 g/mol. The molecule has 6 rings (SSSR count). The zero-order valence-electron chi connectivity index (χ0n) is 12.8. The van der Waals surface area contributed by atoms with Crippen LogP contribution in [0.5, 0.6) is 0 Å². The zero-order chi connectivity index (χ0) is 15.7. The second kappa shape index (κ2) is 4.15. The highest BCUT2D eigenvalue weighted by molar-refractivity contribution is 6.22. The Hall–Kier alpha value is -3.33. The number of aromatic nitrogens is 3. The minimum atomic E-state index is 1.02. The molecule has 24 heavy (non-hydrogen) atoms. The number of H-pyrrole nitrogens is 1. The standard InChI is InChI=1S/C21H13N3/c1-3-9-15-13(7-1)19-20(22-15)14-8-2-5-11-17(14)24-18-12-6-4-10-16(18)23-21(19)24/h1-12,22H. The molecule has 3 heteroatoms. The first-order chi connectivity index (χ1) is 11.9. The molecule has 0 bridgehead atoms. The van der Waals surface area contributed by atoms with E-state index in [1.807, 2.05) is 6.07 Å². The number of rotatable bonds is 0. The summed E-state index contributed by atoms with van der Waals surface area (Å²) in [6.07, 6.45) is 0. The number of hydrogen-bond acceptors (Lipinski definition) is 1. The van der Waals surface area contributed by atoms with Crippen LogP contribution >= 0.6 is 0 Å². The maximum Gasteiger partial charge on any atom is 0.148 e. The number of pyridine rings is 1. The number of benzene rings is 3. The van der Waals surface area contributed by atoms with E-state index in [4.69, 9.17) is 4.98 Å². The predicted molar refractivity (Wildman–Crippen MR) is 99.6 cm³/mol. The van der Waals surface area contributed by atoms with Crippen molar-refractivity contribution in [2.24, 2.45) is 0 Å². The van der Waals surface area contributed by atoms with Gasteiger partial charge < -0.3 is 4.98 Å². The zero-order valence-corrected chi connectivity index (χ0v) is 12.8. The van der Waals surface area contributed by atoms with E-state index in [2.05, 4.69) is 76.1 Å². The average molecular weight is 307 g/mol. The number of nitrogens with zero attached hydrogens (tertiary/aromatic N) is 2. The molecule has 0 aliphatic rings. The van der Waals surface area contributed by atoms with Crippen molar-refractivity contribution in [1.82, 2.24) is 14.4 Å². The summed E-state index contributed by atoms with van der Waals surface area (Å²) in [6, 6.07) is 25.3. The molecule has 0 radical (unpaired) electrons. The molecular formula is C21H13N3. The molecule has 0 saturated carbocycles. The highest BCUT2D eigenvalue weighted by Gasteiger charge is 2.16. The van der Waals surface area contributed by atoms with Gasteiger partial charge in [0.15, 0.2) is 0 Å². The lowest BCUT2D eigenvalue weighted by Gasteiger charge is -2.05. The Morgan fingerprint density at radius 3 is 2.33 bits per heavy atom. The van der Waals surface area contributed by atoms with Gasteiger partial charge in [-0.05, 0) is 24.3 Å². The molecule has 3 nitrogen and oxygen atoms in total. The molecule has 0 atom stereocenters. The third kappa shape index (κ3) is 1.35. The lowest BCUT2D eigenvalue weighted by molar-refractivity contribution is 1.31. The van der Waals surface area contributed by atoms with Crippen molar-refractivity contribution in [3.05, 3.63) is 72.8 Å². The summed E-state index contributed by atoms with van der Waals surface area (Å²) in [5, 5.41) is 3.64. The summed E-state index contributed by atoms with van der Waals surface area (Å²) in [5.41, 5.74) is 6.69. The van der Waals surface area contributed by atoms with E-state index in [9.17, 15) is 0 Å². The van der Waals surface area contributed by atoms with Gasteiger partial charge in [0, 0.05) is 16.3 Å². The van der Waals surface area contributed by atoms with Crippen molar-refractivity contribution in [1.29, 1.82) is 0 Å². The first kappa shape index (κ1) is 12.1. The molecule has 3 aromatic carbocycles. The molecule has 0 unspecified atom stereocenters. The van der Waals surface area contributed by atoms with Crippen LogP contribution in [0.25, 0.3) is 49.4 Å². The van der Waals surface area contributed by atoms with Gasteiger partial charge in [0.25, 0.3) is 0 Å². The molecule has 1 N–H and O–H groups in total. The highest BCUT2D eigenvalue weighted by Crippen LogP contribution is 2.36. The summed E-state index contributed by atoms with van der Waals surface area (Å²) < 4.78 is 2.28. The minimum absolute atomic E-state index is 1.02. The smallest absolute Gasteiger partial charge is 0.148 e. The van der Waals surface area contributed by atoms with Crippen molar-refractivity contribution >= 4 is 49.4 Å². The van der Waals surface area contributed by atoms with E-state index in [0.717, 1.165) is 27.7 Å². The van der Waals surface area contributed by atoms with Gasteiger partial charge in [-0.25, -0.2) is 4.98 Å². The third-order valence-corrected chi connectivity index (χ3v) is 4.90. The van der Waals surface area contributed by atoms with Crippen LogP contribution in [0, 0.1) is 0 Å². The summed E-state index contributed by atoms with van der Waals surface area (Å²) >= 11 is 0. The predicted octanol–water partition coefficient (Wildman–Crippen LogP) is 5.28. The van der Waals surface area contributed by atoms with Crippen LogP contribution in [0.4, 0.5) is 0 Å². The van der Waals surface area contributed by atoms with Gasteiger partial charge in [0.05, 0.1) is 27.5 Å². The van der Waals surface area contributed by atoms with Crippen LogP contribution in [0.2, 0.25) is 0 Å². The van der Waals surface area contributed by atoms with Gasteiger partial charge in [0.1, 0.15) is 5.65 Å². The number of nitrogens with one attached hydrogen (secondary N) is 1. The van der Waals surface area contributed by atoms with Crippen LogP contribution in [0.1, 0.15) is 0 Å². The number of imidazole rings is 1. The van der Waals surface area contributed by atoms with Crippen LogP contribution in [-0.4, -0.2) is 14.4 Å². The largest absolute Gasteiger partial charge is 0.354 e. The van der Waals surface area contributed by atoms with Crippen molar-refractivity contribution in [3.63, 3.8) is 0 Å². The molecule has 112 valence electrons. The summed E-state index contributed by atoms with van der Waals surface area (Å²) in [5.74, 6) is 0. The Bertz CT molecular complexity index is 1400. The Kier molecular flexibility index (Phi) is 2.10. The first-order valence-corrected chi connectivity index (χ1v) is 8.10. The molecule has 0 aliphatic carbocycles. The molecule has 3 aromatic heterocycles. The van der Waals surface area contributed by atoms with E-state index >= 15 is 0 Å². The Morgan fingerprint density at radius 1 is 0.708 bits per heavy atom. The van der Waals surface area contributed by atoms with Crippen molar-refractivity contribution in [2.75, 3.05) is 0 Å². The van der Waals surface area contributed by atoms with Gasteiger partial charge in [0.2, 0.25) is 0 Å². The van der Waals surface area contributed by atoms with Crippen LogP contribution in [-0.2, 0) is 0 Å². The van der Waals surface area contributed by atoms with Crippen LogP contribution < -0.4 is 0 Å². The fourth-order valence-electron chi connectivity index (χ4n) is 3.89. The van der Waals surface area contributed by atoms with Gasteiger partial charge >= 0.3 is 0 Å². The maximum absolute atomic E-state index is 4.96. The van der Waals surface area contributed by atoms with Crippen molar-refractivity contribution in [3.8, 4) is 0 Å². The fraction of sp³-hybridized carbons (Fsp3) is 0. The lowest BCUT2D eigenvalue weighted by Crippen LogP contribution is -1.90. The number of para-hydroxylation sites is 4. The van der Waals surface area contributed by atoms with E-state index in [-0.39, 0.29) is 0 Å². The van der Waals surface area contributed by atoms with Gasteiger partial charge in [-0.2, -0.15) is 0 Å². The second-order valence-electron chi connectivity index (χ2n) is 6.20. The number of aromatic amines is 1. The molecule has 6 aromatic rings. The van der Waals surface area contributed by atoms with E-state index in [1.54, 1.807) is 0 Å². The topological polar surface area (TPSA) is 33.1 Å². The average Bonchev–Trinajstić information content (AvgIpc) is 3.20. The maximum atomic E-state index is 4.96. The summed E-state index contributed by atoms with van der Waals surface area (Å²) in [6.45, 7) is 0. The second-order valence-corrected chi connectivity index (χ2v) is 6.20. The molecule has 0 spiro atoms. The summed E-state index contributed by atoms with van der Waals surface area (Å²) in [4.78, 5) is 8.56. The lowest BCUT2D eigenvalue weighted by atomic mass is 10.1. The highest BCUT2D eigenvalue weighted by atomic mass is 15.0. The molecule has 3 heterocycles. The van der Waals surface area contributed by atoms with E-state index in [1.165, 1.54) is 21.7 Å². The molecule has 0 saturated heterocycles. The minimum Gasteiger partial charge on any atom is -0.354 e. The summed E-state index contributed by atoms with van der Waals surface area (Å²) in [7, 11) is 0. The molecule has 0 amide bonds. The third-order valence-electron chi connectivity index (χ3n) is 4.90. The van der Waals surface area contributed by atoms with Gasteiger partial charge in [-0.1, -0.05) is 48.5 Å². The van der Waals surface area contributed by atoms with Crippen molar-refractivity contribution < 1.29 is 0 Å². The molecule has 0 aliphatic heterocycles. The van der Waals surface area contributed by atoms with Crippen LogP contribution in [0.3, 0.4) is 0 Å². The fourth-order valence-corrected chi connectivity index (χ4v) is 3.89. The normalized spacial score (nSPS) is 12.2. The number of hydrogen-bond donors (Lipinski definition) is 1. The molecule has 0 fully saturated rings.